The van der Waals surface area contributed by atoms with Crippen LogP contribution < -0.4 is 16.6 Å². The molecule has 0 saturated carbocycles. The average molecular weight is 486 g/mol. The van der Waals surface area contributed by atoms with E-state index in [1.807, 2.05) is 6.92 Å². The first-order valence-electron chi connectivity index (χ1n) is 11.2. The Morgan fingerprint density at radius 3 is 2.29 bits per heavy atom. The number of hydrogen-bond acceptors (Lipinski definition) is 6. The Bertz CT molecular complexity index is 1480. The van der Waals surface area contributed by atoms with E-state index in [0.717, 1.165) is 23.8 Å². The van der Waals surface area contributed by atoms with Crippen LogP contribution >= 0.6 is 0 Å². The number of amides is 1. The first-order chi connectivity index (χ1) is 16.2. The summed E-state index contributed by atoms with van der Waals surface area (Å²) < 4.78 is 29.4. The fourth-order valence-electron chi connectivity index (χ4n) is 4.20. The third-order valence-corrected chi connectivity index (χ3v) is 8.15. The Kier molecular flexibility index (Phi) is 6.41. The van der Waals surface area contributed by atoms with Crippen molar-refractivity contribution in [1.29, 1.82) is 0 Å². The second kappa shape index (κ2) is 9.15. The average Bonchev–Trinajstić information content (AvgIpc) is 2.86. The monoisotopic (exact) mass is 485 g/mol. The van der Waals surface area contributed by atoms with Gasteiger partial charge in [-0.2, -0.15) is 4.31 Å². The van der Waals surface area contributed by atoms with E-state index in [9.17, 15) is 22.8 Å². The lowest BCUT2D eigenvalue weighted by molar-refractivity contribution is 0.102. The number of nitrogens with zero attached hydrogens (tertiary/aromatic N) is 4. The predicted molar refractivity (Wildman–Crippen MR) is 129 cm³/mol. The zero-order valence-corrected chi connectivity index (χ0v) is 20.2. The molecule has 0 unspecified atom stereocenters. The number of anilines is 1. The van der Waals surface area contributed by atoms with Gasteiger partial charge in [0.1, 0.15) is 5.39 Å². The molecule has 3 heterocycles. The molecule has 0 atom stereocenters. The van der Waals surface area contributed by atoms with Crippen LogP contribution in [0, 0.1) is 0 Å². The normalized spacial score (nSPS) is 14.9. The number of nitrogens with one attached hydrogen (secondary N) is 1. The number of carbonyl (C=O) groups excluding carboxylic acids is 1. The maximum absolute atomic E-state index is 13.1. The zero-order chi connectivity index (χ0) is 24.6. The summed E-state index contributed by atoms with van der Waals surface area (Å²) in [5, 5.41) is 2.93. The van der Waals surface area contributed by atoms with Crippen molar-refractivity contribution < 1.29 is 13.2 Å². The summed E-state index contributed by atoms with van der Waals surface area (Å²) in [5.41, 5.74) is 0.269. The second-order valence-electron chi connectivity index (χ2n) is 8.36. The van der Waals surface area contributed by atoms with Gasteiger partial charge in [0.15, 0.2) is 5.65 Å². The molecule has 1 N–H and O–H groups in total. The Morgan fingerprint density at radius 1 is 1.03 bits per heavy atom. The quantitative estimate of drug-likeness (QED) is 0.586. The summed E-state index contributed by atoms with van der Waals surface area (Å²) in [5.74, 6) is -0.500. The number of carbonyl (C=O) groups is 1. The van der Waals surface area contributed by atoms with Gasteiger partial charge < -0.3 is 5.32 Å². The van der Waals surface area contributed by atoms with Gasteiger partial charge >= 0.3 is 5.69 Å². The molecule has 1 saturated heterocycles. The Hall–Kier alpha value is -3.31. The molecule has 1 fully saturated rings. The largest absolute Gasteiger partial charge is 0.332 e. The molecule has 0 spiro atoms. The summed E-state index contributed by atoms with van der Waals surface area (Å²) in [4.78, 5) is 42.7. The minimum atomic E-state index is -3.61. The lowest BCUT2D eigenvalue weighted by atomic mass is 10.1. The lowest BCUT2D eigenvalue weighted by Crippen LogP contribution is -2.38. The maximum Gasteiger partial charge on any atom is 0.332 e. The Labute approximate surface area is 196 Å². The van der Waals surface area contributed by atoms with Gasteiger partial charge in [-0.05, 0) is 49.1 Å². The molecule has 2 aromatic heterocycles. The van der Waals surface area contributed by atoms with E-state index in [1.54, 1.807) is 0 Å². The van der Waals surface area contributed by atoms with Gasteiger partial charge in [0.05, 0.1) is 10.6 Å². The number of sulfonamides is 1. The van der Waals surface area contributed by atoms with Crippen LogP contribution in [0.15, 0.2) is 44.9 Å². The number of aryl methyl sites for hydroxylation is 2. The molecule has 0 bridgehead atoms. The summed E-state index contributed by atoms with van der Waals surface area (Å²) in [6, 6.07) is 5.75. The molecule has 1 aliphatic rings. The molecular weight excluding hydrogens is 458 g/mol. The van der Waals surface area contributed by atoms with Crippen molar-refractivity contribution in [2.75, 3.05) is 18.4 Å². The Morgan fingerprint density at radius 2 is 1.68 bits per heavy atom. The van der Waals surface area contributed by atoms with E-state index >= 15 is 0 Å². The Balaban J connectivity index is 1.70. The van der Waals surface area contributed by atoms with Gasteiger partial charge in [0, 0.05) is 38.9 Å². The van der Waals surface area contributed by atoms with Crippen LogP contribution in [0.5, 0.6) is 0 Å². The van der Waals surface area contributed by atoms with E-state index in [4.69, 9.17) is 0 Å². The van der Waals surface area contributed by atoms with Gasteiger partial charge in [-0.25, -0.2) is 18.2 Å². The standard InChI is InChI=1S/C23H27N5O5S/c1-4-15-14-24-20-18(22(30)27(3)23(31)26(20)2)19(15)25-21(29)16-8-10-17(11-9-16)34(32,33)28-12-6-5-7-13-28/h8-11,14H,4-7,12-13H2,1-3H3,(H,24,25,29). The molecule has 0 aliphatic carbocycles. The number of pyridine rings is 1. The van der Waals surface area contributed by atoms with Crippen molar-refractivity contribution in [3.63, 3.8) is 0 Å². The highest BCUT2D eigenvalue weighted by molar-refractivity contribution is 7.89. The molecule has 1 amide bonds. The zero-order valence-electron chi connectivity index (χ0n) is 19.4. The van der Waals surface area contributed by atoms with E-state index in [1.165, 1.54) is 53.4 Å². The van der Waals surface area contributed by atoms with Gasteiger partial charge in [-0.1, -0.05) is 13.3 Å². The van der Waals surface area contributed by atoms with Crippen LogP contribution in [0.3, 0.4) is 0 Å². The van der Waals surface area contributed by atoms with Crippen LogP contribution in [0.2, 0.25) is 0 Å². The molecule has 180 valence electrons. The molecule has 1 aromatic carbocycles. The van der Waals surface area contributed by atoms with Crippen LogP contribution in [0.25, 0.3) is 11.0 Å². The minimum absolute atomic E-state index is 0.137. The van der Waals surface area contributed by atoms with Gasteiger partial charge in [0.25, 0.3) is 11.5 Å². The van der Waals surface area contributed by atoms with Crippen molar-refractivity contribution in [2.24, 2.45) is 14.1 Å². The van der Waals surface area contributed by atoms with Crippen LogP contribution in [0.1, 0.15) is 42.1 Å². The first-order valence-corrected chi connectivity index (χ1v) is 12.6. The van der Waals surface area contributed by atoms with Gasteiger partial charge in [0.2, 0.25) is 10.0 Å². The molecule has 10 nitrogen and oxygen atoms in total. The molecule has 4 rings (SSSR count). The van der Waals surface area contributed by atoms with Crippen molar-refractivity contribution in [3.05, 3.63) is 62.4 Å². The molecule has 34 heavy (non-hydrogen) atoms. The fraction of sp³-hybridized carbons (Fsp3) is 0.391. The molecule has 11 heteroatoms. The predicted octanol–water partition coefficient (Wildman–Crippen LogP) is 1.62. The van der Waals surface area contributed by atoms with Crippen LogP contribution in [-0.4, -0.2) is 45.8 Å². The van der Waals surface area contributed by atoms with E-state index < -0.39 is 27.2 Å². The highest BCUT2D eigenvalue weighted by Gasteiger charge is 2.26. The first kappa shape index (κ1) is 23.8. The number of benzene rings is 1. The molecule has 1 aliphatic heterocycles. The number of aromatic nitrogens is 3. The molecular formula is C23H27N5O5S. The van der Waals surface area contributed by atoms with Crippen LogP contribution in [0.4, 0.5) is 5.69 Å². The van der Waals surface area contributed by atoms with E-state index in [-0.39, 0.29) is 21.5 Å². The lowest BCUT2D eigenvalue weighted by Gasteiger charge is -2.25. The summed E-state index contributed by atoms with van der Waals surface area (Å²) >= 11 is 0. The smallest absolute Gasteiger partial charge is 0.321 e. The third kappa shape index (κ3) is 4.05. The molecule has 0 radical (unpaired) electrons. The topological polar surface area (TPSA) is 123 Å². The summed E-state index contributed by atoms with van der Waals surface area (Å²) in [6.07, 6.45) is 4.73. The summed E-state index contributed by atoms with van der Waals surface area (Å²) in [6.45, 7) is 2.86. The van der Waals surface area contributed by atoms with E-state index in [0.29, 0.717) is 30.8 Å². The van der Waals surface area contributed by atoms with E-state index in [2.05, 4.69) is 10.3 Å². The molecule has 3 aromatic rings. The van der Waals surface area contributed by atoms with Gasteiger partial charge in [-0.3, -0.25) is 18.7 Å². The van der Waals surface area contributed by atoms with Gasteiger partial charge in [-0.15, -0.1) is 0 Å². The number of fused-ring (bicyclic) bond motifs is 1. The highest BCUT2D eigenvalue weighted by Crippen LogP contribution is 2.25. The van der Waals surface area contributed by atoms with Crippen molar-refractivity contribution in [2.45, 2.75) is 37.5 Å². The number of rotatable bonds is 5. The summed E-state index contributed by atoms with van der Waals surface area (Å²) in [7, 11) is -0.725. The second-order valence-corrected chi connectivity index (χ2v) is 10.3. The van der Waals surface area contributed by atoms with Crippen molar-refractivity contribution in [1.82, 2.24) is 18.4 Å². The van der Waals surface area contributed by atoms with Crippen molar-refractivity contribution in [3.8, 4) is 0 Å². The number of hydrogen-bond donors (Lipinski definition) is 1. The maximum atomic E-state index is 13.1. The fourth-order valence-corrected chi connectivity index (χ4v) is 5.71. The number of piperidine rings is 1. The minimum Gasteiger partial charge on any atom is -0.321 e. The van der Waals surface area contributed by atoms with Crippen LogP contribution in [-0.2, 0) is 30.5 Å². The third-order valence-electron chi connectivity index (χ3n) is 6.24. The van der Waals surface area contributed by atoms with Crippen molar-refractivity contribution >= 4 is 32.7 Å². The SMILES string of the molecule is CCc1cnc2c(c1NC(=O)c1ccc(S(=O)(=O)N3CCCCC3)cc1)c(=O)n(C)c(=O)n2C. The highest BCUT2D eigenvalue weighted by atomic mass is 32.2.